The molecule has 2 bridgehead atoms. The fourth-order valence-corrected chi connectivity index (χ4v) is 6.46. The molecule has 2 aromatic carbocycles. The third-order valence-corrected chi connectivity index (χ3v) is 7.67. The van der Waals surface area contributed by atoms with Gasteiger partial charge in [-0.25, -0.2) is 0 Å². The van der Waals surface area contributed by atoms with Crippen LogP contribution in [0.15, 0.2) is 48.5 Å². The van der Waals surface area contributed by atoms with Crippen LogP contribution in [0.3, 0.4) is 0 Å². The van der Waals surface area contributed by atoms with Crippen LogP contribution >= 0.6 is 0 Å². The second kappa shape index (κ2) is 8.22. The van der Waals surface area contributed by atoms with Gasteiger partial charge in [0.05, 0.1) is 5.92 Å². The molecule has 0 saturated carbocycles. The number of hydrogen-bond acceptors (Lipinski definition) is 4. The van der Waals surface area contributed by atoms with E-state index in [1.807, 2.05) is 0 Å². The van der Waals surface area contributed by atoms with Crippen LogP contribution in [0.4, 0.5) is 26.3 Å². The standard InChI is InChI=1S/C23H20F6O5S/c1-2-12-17-13-7-3-5-9-15(13)18(16-10-6-4-8-14(16)17)19(12)20(30)34-21(22(24,25)26,23(27,28)29)11-35(31,32)33/h3-10,12,17-19H,2,11H2,1H3,(H,31,32,33). The Morgan fingerprint density at radius 1 is 0.857 bits per heavy atom. The zero-order valence-corrected chi connectivity index (χ0v) is 18.9. The van der Waals surface area contributed by atoms with Crippen LogP contribution in [0.25, 0.3) is 0 Å². The van der Waals surface area contributed by atoms with Crippen LogP contribution in [0.5, 0.6) is 0 Å². The van der Waals surface area contributed by atoms with Crippen LogP contribution in [0, 0.1) is 11.8 Å². The van der Waals surface area contributed by atoms with Gasteiger partial charge in [-0.05, 0) is 28.2 Å². The lowest BCUT2D eigenvalue weighted by Gasteiger charge is -2.50. The van der Waals surface area contributed by atoms with Crippen LogP contribution < -0.4 is 0 Å². The van der Waals surface area contributed by atoms with Gasteiger partial charge in [-0.2, -0.15) is 34.8 Å². The molecule has 2 atom stereocenters. The third-order valence-electron chi connectivity index (χ3n) is 6.90. The lowest BCUT2D eigenvalue weighted by molar-refractivity contribution is -0.362. The van der Waals surface area contributed by atoms with Gasteiger partial charge in [-0.15, -0.1) is 0 Å². The van der Waals surface area contributed by atoms with Crippen molar-refractivity contribution >= 4 is 16.1 Å². The Morgan fingerprint density at radius 3 is 1.60 bits per heavy atom. The second-order valence-corrected chi connectivity index (χ2v) is 10.2. The minimum atomic E-state index is -6.37. The summed E-state index contributed by atoms with van der Waals surface area (Å²) >= 11 is 0. The zero-order chi connectivity index (χ0) is 26.0. The predicted octanol–water partition coefficient (Wildman–Crippen LogP) is 5.21. The number of esters is 1. The number of rotatable bonds is 5. The van der Waals surface area contributed by atoms with E-state index in [-0.39, 0.29) is 6.42 Å². The van der Waals surface area contributed by atoms with E-state index in [9.17, 15) is 39.6 Å². The Balaban J connectivity index is 1.87. The summed E-state index contributed by atoms with van der Waals surface area (Å²) in [7, 11) is -5.87. The molecular weight excluding hydrogens is 502 g/mol. The predicted molar refractivity (Wildman–Crippen MR) is 111 cm³/mol. The first kappa shape index (κ1) is 25.5. The minimum Gasteiger partial charge on any atom is -0.438 e. The Morgan fingerprint density at radius 2 is 1.26 bits per heavy atom. The molecule has 1 N–H and O–H groups in total. The number of hydrogen-bond donors (Lipinski definition) is 1. The third kappa shape index (κ3) is 4.00. The molecule has 2 aromatic rings. The van der Waals surface area contributed by atoms with E-state index in [4.69, 9.17) is 4.55 Å². The average molecular weight is 522 g/mol. The molecule has 0 radical (unpaired) electrons. The SMILES string of the molecule is CCC1C2c3ccccc3C(c3ccccc32)C1C(=O)OC(CS(=O)(=O)O)(C(F)(F)F)C(F)(F)F. The van der Waals surface area contributed by atoms with Crippen LogP contribution in [0.1, 0.15) is 47.4 Å². The summed E-state index contributed by atoms with van der Waals surface area (Å²) < 4.78 is 118. The van der Waals surface area contributed by atoms with E-state index in [0.29, 0.717) is 11.1 Å². The Kier molecular flexibility index (Phi) is 5.99. The van der Waals surface area contributed by atoms with Gasteiger partial charge in [0.25, 0.3) is 10.1 Å². The van der Waals surface area contributed by atoms with Crippen LogP contribution in [-0.4, -0.2) is 42.6 Å². The van der Waals surface area contributed by atoms with Crippen molar-refractivity contribution in [3.05, 3.63) is 70.8 Å². The molecule has 0 heterocycles. The average Bonchev–Trinajstić information content (AvgIpc) is 2.75. The summed E-state index contributed by atoms with van der Waals surface area (Å²) in [5.41, 5.74) is -2.62. The monoisotopic (exact) mass is 522 g/mol. The molecule has 2 unspecified atom stereocenters. The van der Waals surface area contributed by atoms with Gasteiger partial charge in [0.1, 0.15) is 5.75 Å². The summed E-state index contributed by atoms with van der Waals surface area (Å²) in [5.74, 6) is -8.25. The minimum absolute atomic E-state index is 0.229. The molecule has 0 spiro atoms. The molecule has 12 heteroatoms. The fourth-order valence-electron chi connectivity index (χ4n) is 5.56. The number of halogens is 6. The number of carbonyl (C=O) groups is 1. The highest BCUT2D eigenvalue weighted by molar-refractivity contribution is 7.85. The van der Waals surface area contributed by atoms with Crippen molar-refractivity contribution in [2.45, 2.75) is 43.1 Å². The molecule has 35 heavy (non-hydrogen) atoms. The number of fused-ring (bicyclic) bond motifs is 1. The quantitative estimate of drug-likeness (QED) is 0.331. The van der Waals surface area contributed by atoms with E-state index in [0.717, 1.165) is 11.1 Å². The molecule has 0 saturated heterocycles. The molecule has 3 aliphatic carbocycles. The summed E-state index contributed by atoms with van der Waals surface area (Å²) in [6.45, 7) is 1.66. The van der Waals surface area contributed by atoms with E-state index < -0.39 is 63.5 Å². The number of carbonyl (C=O) groups excluding carboxylic acids is 1. The molecule has 0 aromatic heterocycles. The Hall–Kier alpha value is -2.60. The van der Waals surface area contributed by atoms with Crippen LogP contribution in [0.2, 0.25) is 0 Å². The lowest BCUT2D eigenvalue weighted by atomic mass is 9.53. The first-order chi connectivity index (χ1) is 16.1. The molecule has 0 aliphatic heterocycles. The first-order valence-corrected chi connectivity index (χ1v) is 12.2. The van der Waals surface area contributed by atoms with E-state index in [1.165, 1.54) is 0 Å². The summed E-state index contributed by atoms with van der Waals surface area (Å²) in [4.78, 5) is 13.3. The van der Waals surface area contributed by atoms with Crippen molar-refractivity contribution in [3.63, 3.8) is 0 Å². The maximum absolute atomic E-state index is 13.8. The lowest BCUT2D eigenvalue weighted by Crippen LogP contribution is -2.64. The van der Waals surface area contributed by atoms with Gasteiger partial charge >= 0.3 is 23.9 Å². The van der Waals surface area contributed by atoms with Gasteiger partial charge in [0, 0.05) is 11.8 Å². The highest BCUT2D eigenvalue weighted by atomic mass is 32.2. The molecule has 3 aliphatic rings. The smallest absolute Gasteiger partial charge is 0.438 e. The maximum atomic E-state index is 13.8. The van der Waals surface area contributed by atoms with Crippen molar-refractivity contribution in [3.8, 4) is 0 Å². The van der Waals surface area contributed by atoms with E-state index in [1.54, 1.807) is 55.5 Å². The molecule has 190 valence electrons. The molecule has 5 nitrogen and oxygen atoms in total. The van der Waals surface area contributed by atoms with Gasteiger partial charge in [0.2, 0.25) is 0 Å². The zero-order valence-electron chi connectivity index (χ0n) is 18.1. The molecular formula is C23H20F6O5S. The van der Waals surface area contributed by atoms with Crippen molar-refractivity contribution in [1.29, 1.82) is 0 Å². The number of alkyl halides is 6. The van der Waals surface area contributed by atoms with Crippen molar-refractivity contribution < 1.29 is 48.8 Å². The molecule has 0 fully saturated rings. The van der Waals surface area contributed by atoms with Crippen molar-refractivity contribution in [1.82, 2.24) is 0 Å². The highest BCUT2D eigenvalue weighted by Crippen LogP contribution is 2.60. The Labute approximate surface area is 196 Å². The largest absolute Gasteiger partial charge is 0.438 e. The van der Waals surface area contributed by atoms with Crippen molar-refractivity contribution in [2.24, 2.45) is 11.8 Å². The first-order valence-electron chi connectivity index (χ1n) is 10.6. The summed E-state index contributed by atoms with van der Waals surface area (Å²) in [5, 5.41) is 0. The fraction of sp³-hybridized carbons (Fsp3) is 0.435. The Bertz CT molecular complexity index is 1190. The van der Waals surface area contributed by atoms with E-state index in [2.05, 4.69) is 4.74 Å². The van der Waals surface area contributed by atoms with Gasteiger partial charge in [0.15, 0.2) is 0 Å². The maximum Gasteiger partial charge on any atom is 0.438 e. The number of ether oxygens (including phenoxy) is 1. The summed E-state index contributed by atoms with van der Waals surface area (Å²) in [6, 6.07) is 13.8. The van der Waals surface area contributed by atoms with Crippen molar-refractivity contribution in [2.75, 3.05) is 5.75 Å². The highest BCUT2D eigenvalue weighted by Gasteiger charge is 2.76. The normalized spacial score (nSPS) is 24.0. The summed E-state index contributed by atoms with van der Waals surface area (Å²) in [6.07, 6.45) is -12.5. The van der Waals surface area contributed by atoms with Gasteiger partial charge in [-0.3, -0.25) is 9.35 Å². The van der Waals surface area contributed by atoms with Crippen LogP contribution in [-0.2, 0) is 19.6 Å². The van der Waals surface area contributed by atoms with E-state index >= 15 is 0 Å². The topological polar surface area (TPSA) is 80.7 Å². The van der Waals surface area contributed by atoms with Gasteiger partial charge in [-0.1, -0.05) is 61.9 Å². The van der Waals surface area contributed by atoms with Gasteiger partial charge < -0.3 is 4.74 Å². The molecule has 5 rings (SSSR count). The number of benzene rings is 2. The molecule has 0 amide bonds. The second-order valence-electron chi connectivity index (χ2n) is 8.78.